The van der Waals surface area contributed by atoms with Gasteiger partial charge in [0, 0.05) is 6.07 Å². The van der Waals surface area contributed by atoms with E-state index in [2.05, 4.69) is 15.0 Å². The Kier molecular flexibility index (Phi) is 4.06. The van der Waals surface area contributed by atoms with Crippen molar-refractivity contribution < 1.29 is 19.1 Å². The molecule has 0 saturated heterocycles. The minimum atomic E-state index is -0.625. The largest absolute Gasteiger partial charge is 0.497 e. The van der Waals surface area contributed by atoms with E-state index in [0.29, 0.717) is 22.4 Å². The third kappa shape index (κ3) is 2.74. The van der Waals surface area contributed by atoms with Crippen LogP contribution in [-0.2, 0) is 0 Å². The summed E-state index contributed by atoms with van der Waals surface area (Å²) in [4.78, 5) is 22.4. The molecule has 0 aliphatic rings. The van der Waals surface area contributed by atoms with E-state index in [1.807, 2.05) is 0 Å². The number of hydrogen-bond acceptors (Lipinski definition) is 8. The molecular formula is C15H12N4O5. The van der Waals surface area contributed by atoms with Crippen LogP contribution in [-0.4, -0.2) is 34.1 Å². The fourth-order valence-corrected chi connectivity index (χ4v) is 2.15. The van der Waals surface area contributed by atoms with Crippen molar-refractivity contribution in [1.29, 1.82) is 0 Å². The molecule has 3 rings (SSSR count). The second-order valence-corrected chi connectivity index (χ2v) is 4.59. The predicted molar refractivity (Wildman–Crippen MR) is 83.6 cm³/mol. The van der Waals surface area contributed by atoms with Crippen LogP contribution >= 0.6 is 0 Å². The molecule has 2 aromatic heterocycles. The van der Waals surface area contributed by atoms with Crippen LogP contribution in [0.5, 0.6) is 23.1 Å². The molecule has 1 aromatic carbocycles. The van der Waals surface area contributed by atoms with Crippen molar-refractivity contribution in [2.45, 2.75) is 0 Å². The van der Waals surface area contributed by atoms with E-state index in [4.69, 9.17) is 14.2 Å². The lowest BCUT2D eigenvalue weighted by Crippen LogP contribution is -1.98. The summed E-state index contributed by atoms with van der Waals surface area (Å²) in [5.41, 5.74) is 0.495. The summed E-state index contributed by atoms with van der Waals surface area (Å²) in [7, 11) is 3.01. The molecule has 9 nitrogen and oxygen atoms in total. The first-order valence-corrected chi connectivity index (χ1v) is 6.78. The fourth-order valence-electron chi connectivity index (χ4n) is 2.15. The van der Waals surface area contributed by atoms with Crippen LogP contribution in [0.2, 0.25) is 0 Å². The molecule has 0 fully saturated rings. The van der Waals surface area contributed by atoms with Gasteiger partial charge >= 0.3 is 5.82 Å². The number of benzene rings is 1. The number of fused-ring (bicyclic) bond motifs is 1. The second-order valence-electron chi connectivity index (χ2n) is 4.59. The summed E-state index contributed by atoms with van der Waals surface area (Å²) < 4.78 is 16.1. The van der Waals surface area contributed by atoms with E-state index in [1.165, 1.54) is 38.9 Å². The van der Waals surface area contributed by atoms with E-state index in [-0.39, 0.29) is 11.6 Å². The summed E-state index contributed by atoms with van der Waals surface area (Å²) in [5, 5.41) is 11.6. The van der Waals surface area contributed by atoms with Crippen molar-refractivity contribution in [1.82, 2.24) is 15.0 Å². The van der Waals surface area contributed by atoms with Crippen LogP contribution < -0.4 is 14.2 Å². The Morgan fingerprint density at radius 3 is 2.62 bits per heavy atom. The van der Waals surface area contributed by atoms with Crippen LogP contribution in [0.15, 0.2) is 36.8 Å². The summed E-state index contributed by atoms with van der Waals surface area (Å²) in [5.74, 6) is 0.689. The van der Waals surface area contributed by atoms with Gasteiger partial charge in [-0.3, -0.25) is 0 Å². The molecule has 0 saturated carbocycles. The molecule has 24 heavy (non-hydrogen) atoms. The lowest BCUT2D eigenvalue weighted by atomic mass is 10.2. The van der Waals surface area contributed by atoms with Crippen LogP contribution in [0.25, 0.3) is 10.9 Å². The van der Waals surface area contributed by atoms with E-state index < -0.39 is 10.7 Å². The van der Waals surface area contributed by atoms with Crippen molar-refractivity contribution in [3.05, 3.63) is 46.9 Å². The topological polar surface area (TPSA) is 110 Å². The Balaban J connectivity index is 2.15. The predicted octanol–water partition coefficient (Wildman–Crippen LogP) is 2.74. The molecule has 0 radical (unpaired) electrons. The highest BCUT2D eigenvalue weighted by molar-refractivity contribution is 5.90. The summed E-state index contributed by atoms with van der Waals surface area (Å²) >= 11 is 0. The quantitative estimate of drug-likeness (QED) is 0.519. The van der Waals surface area contributed by atoms with Crippen LogP contribution in [0.1, 0.15) is 0 Å². The van der Waals surface area contributed by atoms with Gasteiger partial charge in [0.1, 0.15) is 29.5 Å². The van der Waals surface area contributed by atoms with Gasteiger partial charge < -0.3 is 24.3 Å². The molecule has 0 spiro atoms. The molecule has 2 heterocycles. The lowest BCUT2D eigenvalue weighted by molar-refractivity contribution is -0.390. The van der Waals surface area contributed by atoms with E-state index in [0.717, 1.165) is 0 Å². The van der Waals surface area contributed by atoms with Crippen LogP contribution in [0.4, 0.5) is 5.82 Å². The number of nitrogens with zero attached hydrogens (tertiary/aromatic N) is 4. The van der Waals surface area contributed by atoms with Crippen LogP contribution in [0.3, 0.4) is 0 Å². The van der Waals surface area contributed by atoms with Gasteiger partial charge in [0.05, 0.1) is 19.6 Å². The SMILES string of the molecule is COc1cc(OC)c2ncnc(Oc3cccnc3[N+](=O)[O-])c2c1. The Bertz CT molecular complexity index is 916. The average Bonchev–Trinajstić information content (AvgIpc) is 2.61. The molecule has 0 unspecified atom stereocenters. The van der Waals surface area contributed by atoms with Crippen molar-refractivity contribution in [2.75, 3.05) is 14.2 Å². The Morgan fingerprint density at radius 1 is 1.08 bits per heavy atom. The van der Waals surface area contributed by atoms with Gasteiger partial charge in [-0.2, -0.15) is 0 Å². The highest BCUT2D eigenvalue weighted by atomic mass is 16.6. The Labute approximate surface area is 136 Å². The minimum absolute atomic E-state index is 0.0238. The number of aromatic nitrogens is 3. The van der Waals surface area contributed by atoms with Gasteiger partial charge in [0.15, 0.2) is 0 Å². The number of hydrogen-bond donors (Lipinski definition) is 0. The molecular weight excluding hydrogens is 316 g/mol. The molecule has 9 heteroatoms. The summed E-state index contributed by atoms with van der Waals surface area (Å²) in [6.07, 6.45) is 2.60. The average molecular weight is 328 g/mol. The van der Waals surface area contributed by atoms with Crippen molar-refractivity contribution >= 4 is 16.7 Å². The third-order valence-corrected chi connectivity index (χ3v) is 3.23. The molecule has 3 aromatic rings. The zero-order chi connectivity index (χ0) is 17.1. The maximum atomic E-state index is 11.1. The van der Waals surface area contributed by atoms with Gasteiger partial charge in [0.25, 0.3) is 0 Å². The Morgan fingerprint density at radius 2 is 1.92 bits per heavy atom. The smallest absolute Gasteiger partial charge is 0.406 e. The van der Waals surface area contributed by atoms with Crippen molar-refractivity contribution in [2.24, 2.45) is 0 Å². The van der Waals surface area contributed by atoms with Gasteiger partial charge in [-0.25, -0.2) is 9.97 Å². The first-order valence-electron chi connectivity index (χ1n) is 6.78. The standard InChI is InChI=1S/C15H12N4O5/c1-22-9-6-10-13(12(7-9)23-2)17-8-18-15(10)24-11-4-3-5-16-14(11)19(20)21/h3-8H,1-2H3. The van der Waals surface area contributed by atoms with Crippen molar-refractivity contribution in [3.8, 4) is 23.1 Å². The maximum absolute atomic E-state index is 11.1. The molecule has 0 N–H and O–H groups in total. The second kappa shape index (κ2) is 6.32. The number of methoxy groups -OCH3 is 2. The summed E-state index contributed by atoms with van der Waals surface area (Å²) in [6, 6.07) is 6.31. The molecule has 0 aliphatic carbocycles. The van der Waals surface area contributed by atoms with E-state index >= 15 is 0 Å². The zero-order valence-corrected chi connectivity index (χ0v) is 12.8. The number of pyridine rings is 1. The Hall–Kier alpha value is -3.49. The van der Waals surface area contributed by atoms with Crippen LogP contribution in [0, 0.1) is 10.1 Å². The zero-order valence-electron chi connectivity index (χ0n) is 12.8. The molecule has 0 amide bonds. The van der Waals surface area contributed by atoms with E-state index in [9.17, 15) is 10.1 Å². The number of ether oxygens (including phenoxy) is 3. The minimum Gasteiger partial charge on any atom is -0.497 e. The third-order valence-electron chi connectivity index (χ3n) is 3.23. The highest BCUT2D eigenvalue weighted by Crippen LogP contribution is 2.36. The molecule has 0 bridgehead atoms. The fraction of sp³-hybridized carbons (Fsp3) is 0.133. The van der Waals surface area contributed by atoms with Crippen molar-refractivity contribution in [3.63, 3.8) is 0 Å². The van der Waals surface area contributed by atoms with E-state index in [1.54, 1.807) is 12.1 Å². The van der Waals surface area contributed by atoms with Gasteiger partial charge in [0.2, 0.25) is 11.6 Å². The van der Waals surface area contributed by atoms with Gasteiger partial charge in [-0.1, -0.05) is 0 Å². The molecule has 0 aliphatic heterocycles. The highest BCUT2D eigenvalue weighted by Gasteiger charge is 2.19. The lowest BCUT2D eigenvalue weighted by Gasteiger charge is -2.11. The van der Waals surface area contributed by atoms with Gasteiger partial charge in [-0.15, -0.1) is 0 Å². The first kappa shape index (κ1) is 15.4. The van der Waals surface area contributed by atoms with Gasteiger partial charge in [-0.05, 0) is 28.1 Å². The summed E-state index contributed by atoms with van der Waals surface area (Å²) in [6.45, 7) is 0. The maximum Gasteiger partial charge on any atom is 0.406 e. The molecule has 0 atom stereocenters. The molecule has 122 valence electrons. The number of rotatable bonds is 5. The monoisotopic (exact) mass is 328 g/mol. The first-order chi connectivity index (χ1) is 11.6. The normalized spacial score (nSPS) is 10.4. The number of nitro groups is 1.